The second-order valence-electron chi connectivity index (χ2n) is 6.91. The van der Waals surface area contributed by atoms with E-state index in [1.54, 1.807) is 6.33 Å². The van der Waals surface area contributed by atoms with Crippen molar-refractivity contribution in [3.05, 3.63) is 36.7 Å². The monoisotopic (exact) mass is 320 g/mol. The maximum Gasteiger partial charge on any atom is 0.231 e. The number of imidazole rings is 1. The Hall–Kier alpha value is -2.63. The largest absolute Gasteiger partial charge is 0.365 e. The highest BCUT2D eigenvalue weighted by atomic mass is 15.2. The van der Waals surface area contributed by atoms with E-state index in [1.807, 2.05) is 30.3 Å². The summed E-state index contributed by atoms with van der Waals surface area (Å²) in [7, 11) is 0. The van der Waals surface area contributed by atoms with E-state index in [-0.39, 0.29) is 0 Å². The van der Waals surface area contributed by atoms with Crippen LogP contribution in [0.25, 0.3) is 11.2 Å². The van der Waals surface area contributed by atoms with Gasteiger partial charge in [-0.05, 0) is 43.2 Å². The van der Waals surface area contributed by atoms with Gasteiger partial charge in [0.1, 0.15) is 5.52 Å². The number of anilines is 3. The van der Waals surface area contributed by atoms with Gasteiger partial charge in [-0.25, -0.2) is 4.98 Å². The molecule has 3 aromatic rings. The SMILES string of the molecule is c1ccc(Nc2nc(N[C@@H]3C[C@@H]4CC[C@H]3C4)c3[nH]cnc3n2)cc1. The predicted octanol–water partition coefficient (Wildman–Crippen LogP) is 3.70. The Morgan fingerprint density at radius 1 is 1.04 bits per heavy atom. The third-order valence-corrected chi connectivity index (χ3v) is 5.38. The Labute approximate surface area is 140 Å². The highest BCUT2D eigenvalue weighted by molar-refractivity contribution is 5.84. The summed E-state index contributed by atoms with van der Waals surface area (Å²) >= 11 is 0. The van der Waals surface area contributed by atoms with Crippen molar-refractivity contribution in [2.75, 3.05) is 10.6 Å². The summed E-state index contributed by atoms with van der Waals surface area (Å²) in [6, 6.07) is 10.5. The molecule has 24 heavy (non-hydrogen) atoms. The minimum Gasteiger partial charge on any atom is -0.365 e. The van der Waals surface area contributed by atoms with Crippen LogP contribution in [0, 0.1) is 11.8 Å². The highest BCUT2D eigenvalue weighted by Gasteiger charge is 2.39. The first-order valence-corrected chi connectivity index (χ1v) is 8.65. The van der Waals surface area contributed by atoms with Crippen molar-refractivity contribution in [2.45, 2.75) is 31.7 Å². The van der Waals surface area contributed by atoms with Gasteiger partial charge < -0.3 is 15.6 Å². The first-order chi connectivity index (χ1) is 11.8. The minimum absolute atomic E-state index is 0.523. The van der Waals surface area contributed by atoms with Crippen LogP contribution < -0.4 is 10.6 Å². The fourth-order valence-electron chi connectivity index (χ4n) is 4.24. The molecule has 1 aromatic carbocycles. The maximum atomic E-state index is 4.71. The van der Waals surface area contributed by atoms with Gasteiger partial charge in [-0.2, -0.15) is 9.97 Å². The molecule has 0 spiro atoms. The van der Waals surface area contributed by atoms with Crippen molar-refractivity contribution < 1.29 is 0 Å². The van der Waals surface area contributed by atoms with E-state index >= 15 is 0 Å². The van der Waals surface area contributed by atoms with Gasteiger partial charge in [0.05, 0.1) is 6.33 Å². The fraction of sp³-hybridized carbons (Fsp3) is 0.389. The van der Waals surface area contributed by atoms with Gasteiger partial charge in [0.15, 0.2) is 11.5 Å². The second kappa shape index (κ2) is 5.47. The van der Waals surface area contributed by atoms with Crippen LogP contribution in [-0.2, 0) is 0 Å². The number of benzene rings is 1. The molecule has 0 aliphatic heterocycles. The van der Waals surface area contributed by atoms with Crippen LogP contribution in [0.15, 0.2) is 36.7 Å². The number of hydrogen-bond donors (Lipinski definition) is 3. The number of fused-ring (bicyclic) bond motifs is 3. The van der Waals surface area contributed by atoms with E-state index < -0.39 is 0 Å². The molecule has 0 unspecified atom stereocenters. The van der Waals surface area contributed by atoms with Gasteiger partial charge >= 0.3 is 0 Å². The minimum atomic E-state index is 0.523. The number of nitrogens with zero attached hydrogens (tertiary/aromatic N) is 3. The average molecular weight is 320 g/mol. The number of aromatic nitrogens is 4. The van der Waals surface area contributed by atoms with Gasteiger partial charge in [0.25, 0.3) is 0 Å². The molecule has 2 heterocycles. The Morgan fingerprint density at radius 2 is 1.96 bits per heavy atom. The molecule has 2 fully saturated rings. The lowest BCUT2D eigenvalue weighted by atomic mass is 9.95. The highest BCUT2D eigenvalue weighted by Crippen LogP contribution is 2.45. The summed E-state index contributed by atoms with van der Waals surface area (Å²) in [5, 5.41) is 6.93. The number of hydrogen-bond acceptors (Lipinski definition) is 5. The Kier molecular flexibility index (Phi) is 3.14. The first-order valence-electron chi connectivity index (χ1n) is 8.65. The molecular weight excluding hydrogens is 300 g/mol. The van der Waals surface area contributed by atoms with Gasteiger partial charge in [-0.3, -0.25) is 0 Å². The number of rotatable bonds is 4. The summed E-state index contributed by atoms with van der Waals surface area (Å²) in [5.74, 6) is 3.11. The molecule has 2 saturated carbocycles. The number of nitrogens with one attached hydrogen (secondary N) is 3. The van der Waals surface area contributed by atoms with Crippen LogP contribution in [0.4, 0.5) is 17.5 Å². The van der Waals surface area contributed by atoms with Crippen molar-refractivity contribution in [1.29, 1.82) is 0 Å². The van der Waals surface area contributed by atoms with Crippen LogP contribution >= 0.6 is 0 Å². The van der Waals surface area contributed by atoms with E-state index in [2.05, 4.69) is 25.6 Å². The van der Waals surface area contributed by atoms with Crippen LogP contribution in [0.1, 0.15) is 25.7 Å². The smallest absolute Gasteiger partial charge is 0.231 e. The summed E-state index contributed by atoms with van der Waals surface area (Å²) in [6.07, 6.45) is 7.04. The zero-order chi connectivity index (χ0) is 15.9. The number of aromatic amines is 1. The zero-order valence-corrected chi connectivity index (χ0v) is 13.4. The second-order valence-corrected chi connectivity index (χ2v) is 6.91. The van der Waals surface area contributed by atoms with Gasteiger partial charge in [-0.1, -0.05) is 24.6 Å². The van der Waals surface area contributed by atoms with E-state index in [0.29, 0.717) is 17.6 Å². The molecule has 2 bridgehead atoms. The number of H-pyrrole nitrogens is 1. The first kappa shape index (κ1) is 13.8. The fourth-order valence-corrected chi connectivity index (χ4v) is 4.24. The molecule has 2 aliphatic rings. The van der Waals surface area contributed by atoms with Gasteiger partial charge in [0.2, 0.25) is 5.95 Å². The normalized spacial score (nSPS) is 25.2. The van der Waals surface area contributed by atoms with Crippen molar-refractivity contribution in [3.63, 3.8) is 0 Å². The van der Waals surface area contributed by atoms with E-state index in [4.69, 9.17) is 4.98 Å². The summed E-state index contributed by atoms with van der Waals surface area (Å²) < 4.78 is 0. The quantitative estimate of drug-likeness (QED) is 0.683. The Bertz CT molecular complexity index is 858. The molecule has 5 rings (SSSR count). The van der Waals surface area contributed by atoms with Crippen molar-refractivity contribution in [1.82, 2.24) is 19.9 Å². The molecule has 2 aromatic heterocycles. The molecule has 0 radical (unpaired) electrons. The third-order valence-electron chi connectivity index (χ3n) is 5.38. The van der Waals surface area contributed by atoms with Crippen molar-refractivity contribution in [2.24, 2.45) is 11.8 Å². The lowest BCUT2D eigenvalue weighted by Gasteiger charge is -2.23. The van der Waals surface area contributed by atoms with Gasteiger partial charge in [0, 0.05) is 11.7 Å². The average Bonchev–Trinajstić information content (AvgIpc) is 3.32. The molecular formula is C18H20N6. The predicted molar refractivity (Wildman–Crippen MR) is 94.3 cm³/mol. The van der Waals surface area contributed by atoms with Crippen LogP contribution in [0.5, 0.6) is 0 Å². The lowest BCUT2D eigenvalue weighted by Crippen LogP contribution is -2.26. The van der Waals surface area contributed by atoms with Crippen LogP contribution in [0.2, 0.25) is 0 Å². The maximum absolute atomic E-state index is 4.71. The molecule has 3 N–H and O–H groups in total. The summed E-state index contributed by atoms with van der Waals surface area (Å²) in [6.45, 7) is 0. The zero-order valence-electron chi connectivity index (χ0n) is 13.4. The Morgan fingerprint density at radius 3 is 2.75 bits per heavy atom. The molecule has 2 aliphatic carbocycles. The molecule has 6 nitrogen and oxygen atoms in total. The number of para-hydroxylation sites is 1. The standard InChI is InChI=1S/C18H20N6/c1-2-4-13(5-3-1)21-18-23-16-15(19-10-20-16)17(24-18)22-14-9-11-6-7-12(14)8-11/h1-5,10-12,14H,6-9H2,(H3,19,20,21,22,23,24)/t11-,12+,14-/m1/s1. The van der Waals surface area contributed by atoms with Gasteiger partial charge in [-0.15, -0.1) is 0 Å². The molecule has 122 valence electrons. The molecule has 0 amide bonds. The molecule has 3 atom stereocenters. The molecule has 0 saturated heterocycles. The van der Waals surface area contributed by atoms with E-state index in [9.17, 15) is 0 Å². The summed E-state index contributed by atoms with van der Waals surface area (Å²) in [4.78, 5) is 16.7. The van der Waals surface area contributed by atoms with E-state index in [1.165, 1.54) is 25.7 Å². The van der Waals surface area contributed by atoms with Crippen molar-refractivity contribution in [3.8, 4) is 0 Å². The topological polar surface area (TPSA) is 78.5 Å². The van der Waals surface area contributed by atoms with Crippen LogP contribution in [-0.4, -0.2) is 26.0 Å². The van der Waals surface area contributed by atoms with E-state index in [0.717, 1.165) is 28.9 Å². The third kappa shape index (κ3) is 2.38. The Balaban J connectivity index is 1.47. The van der Waals surface area contributed by atoms with Crippen LogP contribution in [0.3, 0.4) is 0 Å². The summed E-state index contributed by atoms with van der Waals surface area (Å²) in [5.41, 5.74) is 2.55. The van der Waals surface area contributed by atoms with Crippen molar-refractivity contribution >= 4 is 28.6 Å². The lowest BCUT2D eigenvalue weighted by molar-refractivity contribution is 0.439. The molecule has 6 heteroatoms.